The first kappa shape index (κ1) is 13.2. The van der Waals surface area contributed by atoms with Gasteiger partial charge in [-0.2, -0.15) is 0 Å². The minimum atomic E-state index is 0.562. The van der Waals surface area contributed by atoms with Crippen LogP contribution < -0.4 is 0 Å². The minimum Gasteiger partial charge on any atom is -0.0884 e. The SMILES string of the molecule is CC(C)C(C)C(Br)Cc1cccc(Br)c1. The van der Waals surface area contributed by atoms with Crippen LogP contribution in [0.3, 0.4) is 0 Å². The molecule has 0 fully saturated rings. The number of rotatable bonds is 4. The second-order valence-corrected chi connectivity index (χ2v) is 6.54. The summed E-state index contributed by atoms with van der Waals surface area (Å²) in [4.78, 5) is 0.562. The topological polar surface area (TPSA) is 0 Å². The van der Waals surface area contributed by atoms with Gasteiger partial charge in [0, 0.05) is 9.30 Å². The van der Waals surface area contributed by atoms with Gasteiger partial charge in [-0.3, -0.25) is 0 Å². The third kappa shape index (κ3) is 4.28. The molecule has 0 aromatic heterocycles. The molecule has 15 heavy (non-hydrogen) atoms. The van der Waals surface area contributed by atoms with E-state index in [1.54, 1.807) is 0 Å². The standard InChI is InChI=1S/C13H18Br2/c1-9(2)10(3)13(15)8-11-5-4-6-12(14)7-11/h4-7,9-10,13H,8H2,1-3H3. The van der Waals surface area contributed by atoms with Crippen molar-refractivity contribution in [2.75, 3.05) is 0 Å². The van der Waals surface area contributed by atoms with Gasteiger partial charge in [0.25, 0.3) is 0 Å². The average molecular weight is 334 g/mol. The number of halogens is 2. The van der Waals surface area contributed by atoms with E-state index in [1.807, 2.05) is 0 Å². The van der Waals surface area contributed by atoms with Crippen molar-refractivity contribution in [3.8, 4) is 0 Å². The van der Waals surface area contributed by atoms with E-state index in [1.165, 1.54) is 5.56 Å². The largest absolute Gasteiger partial charge is 0.0884 e. The maximum absolute atomic E-state index is 3.79. The van der Waals surface area contributed by atoms with Gasteiger partial charge in [0.2, 0.25) is 0 Å². The van der Waals surface area contributed by atoms with E-state index >= 15 is 0 Å². The first-order chi connectivity index (χ1) is 7.00. The molecule has 0 bridgehead atoms. The molecule has 0 saturated heterocycles. The Labute approximate surface area is 110 Å². The maximum Gasteiger partial charge on any atom is 0.0214 e. The summed E-state index contributed by atoms with van der Waals surface area (Å²) in [5.41, 5.74) is 1.39. The lowest BCUT2D eigenvalue weighted by Gasteiger charge is -2.21. The third-order valence-corrected chi connectivity index (χ3v) is 4.59. The lowest BCUT2D eigenvalue weighted by atomic mass is 9.91. The molecule has 0 saturated carbocycles. The molecule has 1 rings (SSSR count). The van der Waals surface area contributed by atoms with Crippen molar-refractivity contribution in [3.63, 3.8) is 0 Å². The molecule has 0 aliphatic heterocycles. The average Bonchev–Trinajstić information content (AvgIpc) is 2.16. The van der Waals surface area contributed by atoms with Crippen molar-refractivity contribution < 1.29 is 0 Å². The highest BCUT2D eigenvalue weighted by molar-refractivity contribution is 9.10. The number of alkyl halides is 1. The summed E-state index contributed by atoms with van der Waals surface area (Å²) in [6.45, 7) is 6.86. The van der Waals surface area contributed by atoms with Crippen LogP contribution >= 0.6 is 31.9 Å². The minimum absolute atomic E-state index is 0.562. The second-order valence-electron chi connectivity index (χ2n) is 4.45. The van der Waals surface area contributed by atoms with Gasteiger partial charge >= 0.3 is 0 Å². The number of benzene rings is 1. The van der Waals surface area contributed by atoms with E-state index in [4.69, 9.17) is 0 Å². The van der Waals surface area contributed by atoms with E-state index in [0.29, 0.717) is 10.7 Å². The van der Waals surface area contributed by atoms with Gasteiger partial charge in [0.05, 0.1) is 0 Å². The molecule has 2 unspecified atom stereocenters. The van der Waals surface area contributed by atoms with Crippen LogP contribution in [-0.2, 0) is 6.42 Å². The van der Waals surface area contributed by atoms with E-state index in [0.717, 1.165) is 16.8 Å². The first-order valence-electron chi connectivity index (χ1n) is 5.39. The summed E-state index contributed by atoms with van der Waals surface area (Å²) in [6.07, 6.45) is 1.10. The van der Waals surface area contributed by atoms with Gasteiger partial charge in [0.1, 0.15) is 0 Å². The van der Waals surface area contributed by atoms with Crippen LogP contribution in [0.15, 0.2) is 28.7 Å². The Morgan fingerprint density at radius 3 is 2.40 bits per heavy atom. The molecule has 0 radical (unpaired) electrons. The van der Waals surface area contributed by atoms with Gasteiger partial charge < -0.3 is 0 Å². The molecule has 0 aliphatic rings. The molecule has 2 atom stereocenters. The zero-order valence-corrected chi connectivity index (χ0v) is 12.7. The van der Waals surface area contributed by atoms with Gasteiger partial charge in [0.15, 0.2) is 0 Å². The summed E-state index contributed by atoms with van der Waals surface area (Å²) in [6, 6.07) is 8.55. The molecule has 0 aliphatic carbocycles. The fourth-order valence-corrected chi connectivity index (χ4v) is 2.92. The Hall–Kier alpha value is 0.180. The quantitative estimate of drug-likeness (QED) is 0.676. The summed E-state index contributed by atoms with van der Waals surface area (Å²) in [5.74, 6) is 1.42. The lowest BCUT2D eigenvalue weighted by molar-refractivity contribution is 0.407. The van der Waals surface area contributed by atoms with Crippen LogP contribution in [-0.4, -0.2) is 4.83 Å². The molecule has 0 spiro atoms. The van der Waals surface area contributed by atoms with Crippen LogP contribution in [0, 0.1) is 11.8 Å². The number of hydrogen-bond donors (Lipinski definition) is 0. The normalized spacial score (nSPS) is 15.3. The number of hydrogen-bond acceptors (Lipinski definition) is 0. The van der Waals surface area contributed by atoms with Gasteiger partial charge in [-0.05, 0) is 36.0 Å². The Morgan fingerprint density at radius 2 is 1.87 bits per heavy atom. The highest BCUT2D eigenvalue weighted by Crippen LogP contribution is 2.25. The third-order valence-electron chi connectivity index (χ3n) is 2.94. The summed E-state index contributed by atoms with van der Waals surface area (Å²) in [7, 11) is 0. The fraction of sp³-hybridized carbons (Fsp3) is 0.538. The molecule has 0 N–H and O–H groups in total. The second kappa shape index (κ2) is 6.05. The molecule has 0 heterocycles. The fourth-order valence-electron chi connectivity index (χ4n) is 1.49. The highest BCUT2D eigenvalue weighted by Gasteiger charge is 2.17. The van der Waals surface area contributed by atoms with Crippen LogP contribution in [0.4, 0.5) is 0 Å². The van der Waals surface area contributed by atoms with E-state index in [2.05, 4.69) is 76.9 Å². The Balaban J connectivity index is 2.62. The Kier molecular flexibility index (Phi) is 5.34. The molecule has 1 aromatic rings. The van der Waals surface area contributed by atoms with Crippen LogP contribution in [0.5, 0.6) is 0 Å². The van der Waals surface area contributed by atoms with Crippen LogP contribution in [0.2, 0.25) is 0 Å². The van der Waals surface area contributed by atoms with Gasteiger partial charge in [-0.25, -0.2) is 0 Å². The van der Waals surface area contributed by atoms with Gasteiger partial charge in [-0.15, -0.1) is 0 Å². The van der Waals surface area contributed by atoms with Crippen molar-refractivity contribution in [3.05, 3.63) is 34.3 Å². The molecule has 84 valence electrons. The van der Waals surface area contributed by atoms with E-state index in [9.17, 15) is 0 Å². The smallest absolute Gasteiger partial charge is 0.0214 e. The Morgan fingerprint density at radius 1 is 1.20 bits per heavy atom. The van der Waals surface area contributed by atoms with Crippen LogP contribution in [0.1, 0.15) is 26.3 Å². The van der Waals surface area contributed by atoms with Crippen molar-refractivity contribution in [1.82, 2.24) is 0 Å². The Bertz CT molecular complexity index is 307. The molecular formula is C13H18Br2. The summed E-state index contributed by atoms with van der Waals surface area (Å²) >= 11 is 7.29. The monoisotopic (exact) mass is 332 g/mol. The van der Waals surface area contributed by atoms with E-state index in [-0.39, 0.29) is 0 Å². The summed E-state index contributed by atoms with van der Waals surface area (Å²) < 4.78 is 1.16. The predicted octanol–water partition coefficient (Wildman–Crippen LogP) is 5.05. The first-order valence-corrected chi connectivity index (χ1v) is 7.10. The van der Waals surface area contributed by atoms with Crippen molar-refractivity contribution >= 4 is 31.9 Å². The molecule has 0 nitrogen and oxygen atoms in total. The zero-order chi connectivity index (χ0) is 11.4. The van der Waals surface area contributed by atoms with Crippen molar-refractivity contribution in [2.24, 2.45) is 11.8 Å². The van der Waals surface area contributed by atoms with Gasteiger partial charge in [-0.1, -0.05) is 64.8 Å². The van der Waals surface area contributed by atoms with Crippen molar-refractivity contribution in [2.45, 2.75) is 32.0 Å². The molecule has 2 heteroatoms. The maximum atomic E-state index is 3.79. The highest BCUT2D eigenvalue weighted by atomic mass is 79.9. The molecular weight excluding hydrogens is 316 g/mol. The van der Waals surface area contributed by atoms with E-state index < -0.39 is 0 Å². The van der Waals surface area contributed by atoms with Crippen LogP contribution in [0.25, 0.3) is 0 Å². The predicted molar refractivity (Wildman–Crippen MR) is 74.6 cm³/mol. The lowest BCUT2D eigenvalue weighted by Crippen LogP contribution is -2.19. The van der Waals surface area contributed by atoms with Crippen molar-refractivity contribution in [1.29, 1.82) is 0 Å². The zero-order valence-electron chi connectivity index (χ0n) is 9.50. The molecule has 1 aromatic carbocycles. The summed E-state index contributed by atoms with van der Waals surface area (Å²) in [5, 5.41) is 0. The molecule has 0 amide bonds.